The third-order valence-electron chi connectivity index (χ3n) is 4.51. The minimum absolute atomic E-state index is 0. The van der Waals surface area contributed by atoms with E-state index >= 15 is 0 Å². The van der Waals surface area contributed by atoms with Crippen molar-refractivity contribution in [1.82, 2.24) is 24.8 Å². The minimum Gasteiger partial charge on any atom is -0.357 e. The van der Waals surface area contributed by atoms with Gasteiger partial charge in [0.1, 0.15) is 0 Å². The van der Waals surface area contributed by atoms with E-state index in [2.05, 4.69) is 44.8 Å². The number of halogens is 1. The lowest BCUT2D eigenvalue weighted by Gasteiger charge is -2.39. The Morgan fingerprint density at radius 2 is 2.32 bits per heavy atom. The summed E-state index contributed by atoms with van der Waals surface area (Å²) in [4.78, 5) is 16.9. The molecule has 8 heteroatoms. The molecule has 1 saturated heterocycles. The molecule has 6 nitrogen and oxygen atoms in total. The fourth-order valence-corrected chi connectivity index (χ4v) is 3.87. The number of thiazole rings is 1. The van der Waals surface area contributed by atoms with Crippen LogP contribution >= 0.6 is 35.3 Å². The van der Waals surface area contributed by atoms with Crippen molar-refractivity contribution in [2.75, 3.05) is 19.6 Å². The second-order valence-electron chi connectivity index (χ2n) is 6.30. The number of hydrogen-bond acceptors (Lipinski definition) is 4. The molecule has 2 atom stereocenters. The number of rotatable bonds is 4. The molecular weight excluding hydrogens is 447 g/mol. The Labute approximate surface area is 170 Å². The van der Waals surface area contributed by atoms with Crippen LogP contribution in [0.15, 0.2) is 29.9 Å². The second-order valence-corrected chi connectivity index (χ2v) is 7.62. The fraction of sp³-hybridized carbons (Fsp3) is 0.588. The fourth-order valence-electron chi connectivity index (χ4n) is 3.15. The van der Waals surface area contributed by atoms with Crippen LogP contribution in [0.2, 0.25) is 0 Å². The molecule has 0 aromatic carbocycles. The lowest BCUT2D eigenvalue weighted by Crippen LogP contribution is -2.49. The van der Waals surface area contributed by atoms with Crippen molar-refractivity contribution in [2.45, 2.75) is 39.8 Å². The van der Waals surface area contributed by atoms with Crippen LogP contribution in [0.4, 0.5) is 0 Å². The average molecular weight is 474 g/mol. The van der Waals surface area contributed by atoms with Crippen molar-refractivity contribution in [3.05, 3.63) is 34.8 Å². The summed E-state index contributed by atoms with van der Waals surface area (Å²) in [5, 5.41) is 4.54. The Morgan fingerprint density at radius 1 is 1.48 bits per heavy atom. The first kappa shape index (κ1) is 20.2. The smallest absolute Gasteiger partial charge is 0.194 e. The van der Waals surface area contributed by atoms with E-state index in [-0.39, 0.29) is 24.0 Å². The number of aromatic nitrogens is 3. The van der Waals surface area contributed by atoms with Gasteiger partial charge in [-0.25, -0.2) is 15.0 Å². The number of guanidine groups is 1. The highest BCUT2D eigenvalue weighted by atomic mass is 127. The Kier molecular flexibility index (Phi) is 7.67. The molecule has 1 fully saturated rings. The first-order valence-corrected chi connectivity index (χ1v) is 9.41. The van der Waals surface area contributed by atoms with Gasteiger partial charge < -0.3 is 14.8 Å². The van der Waals surface area contributed by atoms with E-state index in [9.17, 15) is 0 Å². The Bertz CT molecular complexity index is 668. The minimum atomic E-state index is 0. The van der Waals surface area contributed by atoms with Crippen molar-refractivity contribution in [3.63, 3.8) is 0 Å². The van der Waals surface area contributed by atoms with Gasteiger partial charge in [0, 0.05) is 43.1 Å². The molecular formula is C17H27IN6S. The van der Waals surface area contributed by atoms with Crippen LogP contribution in [0.25, 0.3) is 0 Å². The molecule has 3 rings (SSSR count). The maximum atomic E-state index is 4.84. The number of nitrogens with one attached hydrogen (secondary N) is 1. The summed E-state index contributed by atoms with van der Waals surface area (Å²) in [5.41, 5.74) is 0. The zero-order valence-electron chi connectivity index (χ0n) is 15.1. The summed E-state index contributed by atoms with van der Waals surface area (Å²) < 4.78 is 2.23. The molecule has 138 valence electrons. The highest BCUT2D eigenvalue weighted by Gasteiger charge is 2.28. The summed E-state index contributed by atoms with van der Waals surface area (Å²) in [6.07, 6.45) is 8.94. The van der Waals surface area contributed by atoms with Crippen LogP contribution in [0.5, 0.6) is 0 Å². The number of imidazole rings is 1. The molecule has 0 bridgehead atoms. The maximum Gasteiger partial charge on any atom is 0.194 e. The molecule has 1 N–H and O–H groups in total. The molecule has 3 heterocycles. The van der Waals surface area contributed by atoms with E-state index in [0.717, 1.165) is 37.0 Å². The molecule has 0 spiro atoms. The lowest BCUT2D eigenvalue weighted by atomic mass is 9.93. The molecule has 25 heavy (non-hydrogen) atoms. The van der Waals surface area contributed by atoms with Gasteiger partial charge >= 0.3 is 0 Å². The van der Waals surface area contributed by atoms with Crippen molar-refractivity contribution in [3.8, 4) is 0 Å². The highest BCUT2D eigenvalue weighted by molar-refractivity contribution is 14.0. The molecule has 0 aliphatic carbocycles. The monoisotopic (exact) mass is 474 g/mol. The third kappa shape index (κ3) is 5.16. The van der Waals surface area contributed by atoms with Crippen LogP contribution in [0, 0.1) is 12.8 Å². The van der Waals surface area contributed by atoms with E-state index in [1.165, 1.54) is 4.88 Å². The zero-order chi connectivity index (χ0) is 16.9. The predicted molar refractivity (Wildman–Crippen MR) is 114 cm³/mol. The summed E-state index contributed by atoms with van der Waals surface area (Å²) in [6.45, 7) is 10.0. The third-order valence-corrected chi connectivity index (χ3v) is 5.41. The van der Waals surface area contributed by atoms with Crippen LogP contribution in [-0.2, 0) is 6.54 Å². The summed E-state index contributed by atoms with van der Waals surface area (Å²) in [7, 11) is 0. The predicted octanol–water partition coefficient (Wildman–Crippen LogP) is 3.31. The molecule has 1 aliphatic rings. The molecule has 2 aromatic rings. The normalized spacial score (nSPS) is 21.1. The van der Waals surface area contributed by atoms with Gasteiger partial charge in [0.05, 0.1) is 23.9 Å². The van der Waals surface area contributed by atoms with E-state index in [1.807, 2.05) is 25.6 Å². The topological polar surface area (TPSA) is 58.3 Å². The van der Waals surface area contributed by atoms with E-state index in [0.29, 0.717) is 18.5 Å². The quantitative estimate of drug-likeness (QED) is 0.420. The largest absolute Gasteiger partial charge is 0.357 e. The molecule has 0 amide bonds. The molecule has 2 aromatic heterocycles. The number of piperidine rings is 1. The summed E-state index contributed by atoms with van der Waals surface area (Å²) >= 11 is 1.72. The van der Waals surface area contributed by atoms with Crippen molar-refractivity contribution >= 4 is 41.3 Å². The van der Waals surface area contributed by atoms with Gasteiger partial charge in [-0.2, -0.15) is 0 Å². The SMILES string of the molecule is CCNC(=NCc1cnc(C)s1)N1CCC(C)C(n2ccnc2)C1.I. The summed E-state index contributed by atoms with van der Waals surface area (Å²) in [6, 6.07) is 0.441. The Morgan fingerprint density at radius 3 is 2.96 bits per heavy atom. The number of aliphatic imine (C=N–C) groups is 1. The first-order chi connectivity index (χ1) is 11.7. The van der Waals surface area contributed by atoms with Crippen molar-refractivity contribution in [1.29, 1.82) is 0 Å². The molecule has 0 radical (unpaired) electrons. The Balaban J connectivity index is 0.00000225. The van der Waals surface area contributed by atoms with Gasteiger partial charge in [0.25, 0.3) is 0 Å². The zero-order valence-corrected chi connectivity index (χ0v) is 18.2. The number of hydrogen-bond donors (Lipinski definition) is 1. The van der Waals surface area contributed by atoms with Gasteiger partial charge in [-0.05, 0) is 26.2 Å². The summed E-state index contributed by atoms with van der Waals surface area (Å²) in [5.74, 6) is 1.64. The lowest BCUT2D eigenvalue weighted by molar-refractivity contribution is 0.189. The molecule has 0 saturated carbocycles. The van der Waals surface area contributed by atoms with Gasteiger partial charge in [-0.1, -0.05) is 6.92 Å². The second kappa shape index (κ2) is 9.51. The van der Waals surface area contributed by atoms with Gasteiger partial charge in [0.15, 0.2) is 5.96 Å². The molecule has 2 unspecified atom stereocenters. The van der Waals surface area contributed by atoms with Crippen LogP contribution < -0.4 is 5.32 Å². The van der Waals surface area contributed by atoms with Crippen LogP contribution in [0.1, 0.15) is 36.2 Å². The average Bonchev–Trinajstić information content (AvgIpc) is 3.24. The highest BCUT2D eigenvalue weighted by Crippen LogP contribution is 2.27. The number of likely N-dealkylation sites (tertiary alicyclic amines) is 1. The molecule has 1 aliphatic heterocycles. The standard InChI is InChI=1S/C17H26N6S.HI/c1-4-19-17(21-10-15-9-20-14(3)24-15)22-7-5-13(2)16(11-22)23-8-6-18-12-23;/h6,8-9,12-13,16H,4-5,7,10-11H2,1-3H3,(H,19,21);1H. The number of aryl methyl sites for hydroxylation is 1. The van der Waals surface area contributed by atoms with E-state index < -0.39 is 0 Å². The van der Waals surface area contributed by atoms with Crippen molar-refractivity contribution in [2.24, 2.45) is 10.9 Å². The number of nitrogens with zero attached hydrogens (tertiary/aromatic N) is 5. The van der Waals surface area contributed by atoms with E-state index in [4.69, 9.17) is 4.99 Å². The van der Waals surface area contributed by atoms with Crippen molar-refractivity contribution < 1.29 is 0 Å². The van der Waals surface area contributed by atoms with E-state index in [1.54, 1.807) is 11.3 Å². The van der Waals surface area contributed by atoms with Gasteiger partial charge in [-0.15, -0.1) is 35.3 Å². The maximum absolute atomic E-state index is 4.84. The van der Waals surface area contributed by atoms with Crippen LogP contribution in [0.3, 0.4) is 0 Å². The van der Waals surface area contributed by atoms with Crippen LogP contribution in [-0.4, -0.2) is 45.0 Å². The Hall–Kier alpha value is -1.16. The van der Waals surface area contributed by atoms with Gasteiger partial charge in [-0.3, -0.25) is 0 Å². The first-order valence-electron chi connectivity index (χ1n) is 8.59. The van der Waals surface area contributed by atoms with Gasteiger partial charge in [0.2, 0.25) is 0 Å².